The molecule has 0 amide bonds. The van der Waals surface area contributed by atoms with Gasteiger partial charge in [0.1, 0.15) is 23.0 Å². The summed E-state index contributed by atoms with van der Waals surface area (Å²) in [7, 11) is 0. The quantitative estimate of drug-likeness (QED) is 0.547. The fourth-order valence-corrected chi connectivity index (χ4v) is 5.17. The SMILES string of the molecule is CCCCN(CCCC)C[C@]12Oc3cc(C)c(O)cc3[C@@H](C)[C@H]1Oc1cc(C)c(O)cc12. The fourth-order valence-electron chi connectivity index (χ4n) is 5.17. The molecule has 0 unspecified atom stereocenters. The third-order valence-corrected chi connectivity index (χ3v) is 7.15. The first-order valence-corrected chi connectivity index (χ1v) is 12.1. The van der Waals surface area contributed by atoms with Crippen molar-refractivity contribution >= 4 is 0 Å². The normalized spacial score (nSPS) is 23.3. The Morgan fingerprint density at radius 3 is 2.12 bits per heavy atom. The van der Waals surface area contributed by atoms with Crippen LogP contribution in [0, 0.1) is 13.8 Å². The maximum absolute atomic E-state index is 10.6. The van der Waals surface area contributed by atoms with Crippen LogP contribution in [0.4, 0.5) is 0 Å². The molecular formula is C27H37NO4. The van der Waals surface area contributed by atoms with Crippen LogP contribution in [-0.2, 0) is 5.60 Å². The Morgan fingerprint density at radius 2 is 1.50 bits per heavy atom. The summed E-state index contributed by atoms with van der Waals surface area (Å²) in [5.74, 6) is 2.16. The number of aromatic hydroxyl groups is 2. The smallest absolute Gasteiger partial charge is 0.187 e. The molecule has 5 nitrogen and oxygen atoms in total. The molecule has 2 aliphatic rings. The van der Waals surface area contributed by atoms with Gasteiger partial charge >= 0.3 is 0 Å². The van der Waals surface area contributed by atoms with Gasteiger partial charge < -0.3 is 19.7 Å². The molecule has 5 heteroatoms. The third-order valence-electron chi connectivity index (χ3n) is 7.15. The van der Waals surface area contributed by atoms with Crippen molar-refractivity contribution in [1.82, 2.24) is 4.90 Å². The summed E-state index contributed by atoms with van der Waals surface area (Å²) in [6.07, 6.45) is 4.32. The Bertz CT molecular complexity index is 980. The highest BCUT2D eigenvalue weighted by Crippen LogP contribution is 2.55. The van der Waals surface area contributed by atoms with Gasteiger partial charge in [0.25, 0.3) is 0 Å². The molecule has 0 saturated heterocycles. The number of fused-ring (bicyclic) bond motifs is 4. The molecule has 0 aromatic heterocycles. The van der Waals surface area contributed by atoms with Gasteiger partial charge in [-0.05, 0) is 75.2 Å². The zero-order chi connectivity index (χ0) is 23.0. The number of unbranched alkanes of at least 4 members (excludes halogenated alkanes) is 2. The van der Waals surface area contributed by atoms with Crippen molar-refractivity contribution in [2.75, 3.05) is 19.6 Å². The van der Waals surface area contributed by atoms with Crippen LogP contribution in [0.3, 0.4) is 0 Å². The van der Waals surface area contributed by atoms with Crippen molar-refractivity contribution in [2.45, 2.75) is 77.9 Å². The summed E-state index contributed by atoms with van der Waals surface area (Å²) in [5.41, 5.74) is 2.77. The van der Waals surface area contributed by atoms with Crippen LogP contribution in [0.5, 0.6) is 23.0 Å². The van der Waals surface area contributed by atoms with E-state index in [9.17, 15) is 10.2 Å². The highest BCUT2D eigenvalue weighted by atomic mass is 16.6. The van der Waals surface area contributed by atoms with Gasteiger partial charge in [0.05, 0.1) is 0 Å². The molecule has 2 N–H and O–H groups in total. The van der Waals surface area contributed by atoms with Gasteiger partial charge in [-0.15, -0.1) is 0 Å². The van der Waals surface area contributed by atoms with Crippen LogP contribution in [-0.4, -0.2) is 40.9 Å². The Kier molecular flexibility index (Phi) is 6.30. The zero-order valence-corrected chi connectivity index (χ0v) is 20.1. The Labute approximate surface area is 192 Å². The van der Waals surface area contributed by atoms with E-state index in [1.54, 1.807) is 0 Å². The first kappa shape index (κ1) is 22.8. The van der Waals surface area contributed by atoms with Crippen molar-refractivity contribution in [3.63, 3.8) is 0 Å². The number of hydrogen-bond donors (Lipinski definition) is 2. The summed E-state index contributed by atoms with van der Waals surface area (Å²) in [4.78, 5) is 2.50. The van der Waals surface area contributed by atoms with Crippen LogP contribution >= 0.6 is 0 Å². The monoisotopic (exact) mass is 439 g/mol. The summed E-state index contributed by atoms with van der Waals surface area (Å²) in [6.45, 7) is 13.1. The second-order valence-electron chi connectivity index (χ2n) is 9.61. The standard InChI is InChI=1S/C27H37NO4/c1-6-8-10-28(11-9-7-2)16-27-21-15-23(30)18(4)13-25(21)31-26(27)19(5)20-14-22(29)17(3)12-24(20)32-27/h12-15,19,26,29-30H,6-11,16H2,1-5H3/t19-,26-,27-/m1/s1. The number of ether oxygens (including phenoxy) is 2. The van der Waals surface area contributed by atoms with Crippen molar-refractivity contribution in [3.05, 3.63) is 46.5 Å². The fraction of sp³-hybridized carbons (Fsp3) is 0.556. The van der Waals surface area contributed by atoms with Crippen LogP contribution in [0.2, 0.25) is 0 Å². The number of aryl methyl sites for hydroxylation is 2. The largest absolute Gasteiger partial charge is 0.508 e. The molecular weight excluding hydrogens is 402 g/mol. The first-order valence-electron chi connectivity index (χ1n) is 12.1. The first-order chi connectivity index (χ1) is 15.3. The minimum atomic E-state index is -0.710. The molecule has 3 atom stereocenters. The second kappa shape index (κ2) is 8.86. The van der Waals surface area contributed by atoms with Crippen LogP contribution in [0.25, 0.3) is 0 Å². The predicted octanol–water partition coefficient (Wildman–Crippen LogP) is 5.77. The van der Waals surface area contributed by atoms with Gasteiger partial charge in [0.2, 0.25) is 0 Å². The average Bonchev–Trinajstić information content (AvgIpc) is 3.05. The highest BCUT2D eigenvalue weighted by Gasteiger charge is 2.58. The molecule has 0 spiro atoms. The summed E-state index contributed by atoms with van der Waals surface area (Å²) in [5, 5.41) is 20.9. The van der Waals surface area contributed by atoms with E-state index in [-0.39, 0.29) is 23.5 Å². The molecule has 0 fully saturated rings. The molecule has 2 aromatic carbocycles. The van der Waals surface area contributed by atoms with Crippen molar-refractivity contribution < 1.29 is 19.7 Å². The maximum atomic E-state index is 10.6. The summed E-state index contributed by atoms with van der Waals surface area (Å²) < 4.78 is 13.4. The molecule has 2 aromatic rings. The van der Waals surface area contributed by atoms with E-state index in [4.69, 9.17) is 9.47 Å². The van der Waals surface area contributed by atoms with Crippen molar-refractivity contribution in [2.24, 2.45) is 0 Å². The molecule has 0 saturated carbocycles. The van der Waals surface area contributed by atoms with Crippen LogP contribution in [0.15, 0.2) is 24.3 Å². The number of phenolic OH excluding ortho intramolecular Hbond substituents is 2. The number of nitrogens with zero attached hydrogens (tertiary/aromatic N) is 1. The molecule has 4 rings (SSSR count). The number of hydrogen-bond acceptors (Lipinski definition) is 5. The average molecular weight is 440 g/mol. The van der Waals surface area contributed by atoms with E-state index in [1.807, 2.05) is 38.1 Å². The summed E-state index contributed by atoms with van der Waals surface area (Å²) >= 11 is 0. The van der Waals surface area contributed by atoms with Gasteiger partial charge in [0.15, 0.2) is 11.7 Å². The van der Waals surface area contributed by atoms with E-state index in [2.05, 4.69) is 25.7 Å². The van der Waals surface area contributed by atoms with E-state index in [0.29, 0.717) is 6.54 Å². The van der Waals surface area contributed by atoms with E-state index < -0.39 is 5.60 Å². The molecule has 0 radical (unpaired) electrons. The highest BCUT2D eigenvalue weighted by molar-refractivity contribution is 5.57. The van der Waals surface area contributed by atoms with Crippen LogP contribution < -0.4 is 9.47 Å². The Balaban J connectivity index is 1.83. The van der Waals surface area contributed by atoms with E-state index in [1.165, 1.54) is 0 Å². The third kappa shape index (κ3) is 3.81. The Morgan fingerprint density at radius 1 is 0.906 bits per heavy atom. The minimum absolute atomic E-state index is 0.0271. The maximum Gasteiger partial charge on any atom is 0.187 e. The second-order valence-corrected chi connectivity index (χ2v) is 9.61. The number of phenols is 2. The molecule has 0 bridgehead atoms. The summed E-state index contributed by atoms with van der Waals surface area (Å²) in [6, 6.07) is 7.53. The lowest BCUT2D eigenvalue weighted by Crippen LogP contribution is -2.56. The van der Waals surface area contributed by atoms with Gasteiger partial charge in [-0.3, -0.25) is 4.90 Å². The topological polar surface area (TPSA) is 62.2 Å². The lowest BCUT2D eigenvalue weighted by atomic mass is 9.77. The lowest BCUT2D eigenvalue weighted by Gasteiger charge is -2.45. The molecule has 2 aliphatic heterocycles. The van der Waals surface area contributed by atoms with Gasteiger partial charge in [-0.1, -0.05) is 33.6 Å². The van der Waals surface area contributed by atoms with Gasteiger partial charge in [-0.25, -0.2) is 0 Å². The molecule has 32 heavy (non-hydrogen) atoms. The predicted molar refractivity (Wildman–Crippen MR) is 127 cm³/mol. The van der Waals surface area contributed by atoms with E-state index >= 15 is 0 Å². The zero-order valence-electron chi connectivity index (χ0n) is 20.1. The Hall–Kier alpha value is -2.40. The molecule has 0 aliphatic carbocycles. The lowest BCUT2D eigenvalue weighted by molar-refractivity contribution is -0.0654. The van der Waals surface area contributed by atoms with Crippen molar-refractivity contribution in [1.29, 1.82) is 0 Å². The number of rotatable bonds is 8. The van der Waals surface area contributed by atoms with Gasteiger partial charge in [0, 0.05) is 23.6 Å². The minimum Gasteiger partial charge on any atom is -0.508 e. The van der Waals surface area contributed by atoms with E-state index in [0.717, 1.165) is 72.5 Å². The van der Waals surface area contributed by atoms with Crippen molar-refractivity contribution in [3.8, 4) is 23.0 Å². The van der Waals surface area contributed by atoms with Crippen LogP contribution in [0.1, 0.15) is 74.6 Å². The van der Waals surface area contributed by atoms with Gasteiger partial charge in [-0.2, -0.15) is 0 Å². The molecule has 174 valence electrons. The molecule has 2 heterocycles. The number of benzene rings is 2.